The lowest BCUT2D eigenvalue weighted by molar-refractivity contribution is 0.0984. The molecule has 2 aliphatic rings. The number of rotatable bonds is 4. The molecule has 2 fully saturated rings. The standard InChI is InChI=1S/C15H19ClN2O2S/c1-21-8-9-2-4-11(16)12(6-9)17-15(19)18-13-7-10-3-5-14(13)20-10/h2,4,6,10,13-14H,3,5,7-8H2,1H3,(H2,17,18,19)/t10-,13-,14-/m1/s1. The molecule has 114 valence electrons. The van der Waals surface area contributed by atoms with Gasteiger partial charge in [0, 0.05) is 5.75 Å². The summed E-state index contributed by atoms with van der Waals surface area (Å²) in [5, 5.41) is 6.40. The molecule has 4 nitrogen and oxygen atoms in total. The Bertz CT molecular complexity index is 540. The van der Waals surface area contributed by atoms with Crippen molar-refractivity contribution in [3.63, 3.8) is 0 Å². The number of hydrogen-bond acceptors (Lipinski definition) is 3. The Balaban J connectivity index is 1.60. The van der Waals surface area contributed by atoms with Crippen LogP contribution in [0.4, 0.5) is 10.5 Å². The Morgan fingerprint density at radius 3 is 3.00 bits per heavy atom. The monoisotopic (exact) mass is 326 g/mol. The Morgan fingerprint density at radius 1 is 1.48 bits per heavy atom. The molecule has 0 aliphatic carbocycles. The zero-order chi connectivity index (χ0) is 14.8. The third-order valence-electron chi connectivity index (χ3n) is 4.01. The van der Waals surface area contributed by atoms with E-state index < -0.39 is 0 Å². The molecule has 0 spiro atoms. The van der Waals surface area contributed by atoms with Crippen molar-refractivity contribution >= 4 is 35.1 Å². The minimum absolute atomic E-state index is 0.122. The van der Waals surface area contributed by atoms with Crippen LogP contribution in [0, 0.1) is 0 Å². The molecule has 2 amide bonds. The maximum absolute atomic E-state index is 12.1. The summed E-state index contributed by atoms with van der Waals surface area (Å²) in [5.41, 5.74) is 1.80. The summed E-state index contributed by atoms with van der Waals surface area (Å²) in [6, 6.07) is 5.64. The van der Waals surface area contributed by atoms with Crippen LogP contribution in [-0.4, -0.2) is 30.5 Å². The smallest absolute Gasteiger partial charge is 0.319 e. The molecule has 3 atom stereocenters. The van der Waals surface area contributed by atoms with Crippen molar-refractivity contribution in [1.29, 1.82) is 0 Å². The van der Waals surface area contributed by atoms with Gasteiger partial charge < -0.3 is 15.4 Å². The number of thioether (sulfide) groups is 1. The largest absolute Gasteiger partial charge is 0.373 e. The van der Waals surface area contributed by atoms with E-state index in [4.69, 9.17) is 16.3 Å². The lowest BCUT2D eigenvalue weighted by atomic mass is 9.96. The highest BCUT2D eigenvalue weighted by Crippen LogP contribution is 2.34. The second-order valence-electron chi connectivity index (χ2n) is 5.56. The Kier molecular flexibility index (Phi) is 4.62. The SMILES string of the molecule is CSCc1ccc(Cl)c(NC(=O)N[C@@H]2C[C@H]3CC[C@H]2O3)c1. The quantitative estimate of drug-likeness (QED) is 0.888. The number of carbonyl (C=O) groups excluding carboxylic acids is 1. The number of halogens is 1. The number of fused-ring (bicyclic) bond motifs is 2. The average molecular weight is 327 g/mol. The third kappa shape index (κ3) is 3.47. The Labute approximate surface area is 134 Å². The van der Waals surface area contributed by atoms with Crippen LogP contribution in [0.1, 0.15) is 24.8 Å². The van der Waals surface area contributed by atoms with Crippen LogP contribution in [0.2, 0.25) is 5.02 Å². The second-order valence-corrected chi connectivity index (χ2v) is 6.83. The molecular formula is C15H19ClN2O2S. The van der Waals surface area contributed by atoms with Gasteiger partial charge in [0.1, 0.15) is 0 Å². The van der Waals surface area contributed by atoms with Gasteiger partial charge in [-0.25, -0.2) is 4.79 Å². The molecule has 1 aromatic carbocycles. The summed E-state index contributed by atoms with van der Waals surface area (Å²) in [6.45, 7) is 0. The molecule has 0 aromatic heterocycles. The zero-order valence-electron chi connectivity index (χ0n) is 11.9. The van der Waals surface area contributed by atoms with Gasteiger partial charge in [-0.2, -0.15) is 11.8 Å². The number of amides is 2. The van der Waals surface area contributed by atoms with E-state index in [0.29, 0.717) is 16.8 Å². The average Bonchev–Trinajstić information content (AvgIpc) is 3.05. The lowest BCUT2D eigenvalue weighted by Gasteiger charge is -2.20. The fraction of sp³-hybridized carbons (Fsp3) is 0.533. The van der Waals surface area contributed by atoms with E-state index in [1.165, 1.54) is 0 Å². The lowest BCUT2D eigenvalue weighted by Crippen LogP contribution is -2.43. The first kappa shape index (κ1) is 15.0. The Morgan fingerprint density at radius 2 is 2.33 bits per heavy atom. The van der Waals surface area contributed by atoms with E-state index in [-0.39, 0.29) is 18.2 Å². The summed E-state index contributed by atoms with van der Waals surface area (Å²) < 4.78 is 5.74. The second kappa shape index (κ2) is 6.46. The molecule has 21 heavy (non-hydrogen) atoms. The summed E-state index contributed by atoms with van der Waals surface area (Å²) in [4.78, 5) is 12.1. The van der Waals surface area contributed by atoms with Crippen LogP contribution in [0.5, 0.6) is 0 Å². The van der Waals surface area contributed by atoms with Crippen molar-refractivity contribution in [2.24, 2.45) is 0 Å². The zero-order valence-corrected chi connectivity index (χ0v) is 13.5. The maximum Gasteiger partial charge on any atom is 0.319 e. The van der Waals surface area contributed by atoms with Gasteiger partial charge in [-0.05, 0) is 43.2 Å². The van der Waals surface area contributed by atoms with Gasteiger partial charge in [0.25, 0.3) is 0 Å². The molecule has 2 N–H and O–H groups in total. The molecule has 6 heteroatoms. The number of hydrogen-bond donors (Lipinski definition) is 2. The van der Waals surface area contributed by atoms with E-state index in [9.17, 15) is 4.79 Å². The van der Waals surface area contributed by atoms with E-state index in [1.54, 1.807) is 11.8 Å². The summed E-state index contributed by atoms with van der Waals surface area (Å²) >= 11 is 7.88. The van der Waals surface area contributed by atoms with Crippen molar-refractivity contribution in [3.05, 3.63) is 28.8 Å². The summed E-state index contributed by atoms with van der Waals surface area (Å²) in [6.07, 6.45) is 5.63. The number of anilines is 1. The topological polar surface area (TPSA) is 50.4 Å². The van der Waals surface area contributed by atoms with Gasteiger partial charge in [-0.3, -0.25) is 0 Å². The van der Waals surface area contributed by atoms with Gasteiger partial charge in [0.2, 0.25) is 0 Å². The number of benzene rings is 1. The highest BCUT2D eigenvalue weighted by Gasteiger charge is 2.41. The van der Waals surface area contributed by atoms with Crippen LogP contribution >= 0.6 is 23.4 Å². The van der Waals surface area contributed by atoms with Gasteiger partial charge in [0.05, 0.1) is 29.0 Å². The first-order chi connectivity index (χ1) is 10.2. The maximum atomic E-state index is 12.1. The summed E-state index contributed by atoms with van der Waals surface area (Å²) in [7, 11) is 0. The molecular weight excluding hydrogens is 308 g/mol. The van der Waals surface area contributed by atoms with Gasteiger partial charge in [0.15, 0.2) is 0 Å². The number of urea groups is 1. The predicted octanol–water partition coefficient (Wildman–Crippen LogP) is 3.64. The molecule has 2 heterocycles. The molecule has 2 saturated heterocycles. The van der Waals surface area contributed by atoms with Gasteiger partial charge in [-0.15, -0.1) is 0 Å². The minimum Gasteiger partial charge on any atom is -0.373 e. The highest BCUT2D eigenvalue weighted by atomic mass is 35.5. The van der Waals surface area contributed by atoms with Crippen LogP contribution in [0.15, 0.2) is 18.2 Å². The van der Waals surface area contributed by atoms with Crippen molar-refractivity contribution < 1.29 is 9.53 Å². The van der Waals surface area contributed by atoms with Crippen LogP contribution < -0.4 is 10.6 Å². The van der Waals surface area contributed by atoms with E-state index in [2.05, 4.69) is 10.6 Å². The number of ether oxygens (including phenoxy) is 1. The predicted molar refractivity (Wildman–Crippen MR) is 87.1 cm³/mol. The fourth-order valence-corrected chi connectivity index (χ4v) is 3.72. The van der Waals surface area contributed by atoms with Gasteiger partial charge >= 0.3 is 6.03 Å². The summed E-state index contributed by atoms with van der Waals surface area (Å²) in [5.74, 6) is 0.897. The molecule has 3 rings (SSSR count). The minimum atomic E-state index is -0.209. The van der Waals surface area contributed by atoms with Crippen molar-refractivity contribution in [1.82, 2.24) is 5.32 Å². The molecule has 0 unspecified atom stereocenters. The Hall–Kier alpha value is -0.910. The fourth-order valence-electron chi connectivity index (χ4n) is 3.04. The first-order valence-electron chi connectivity index (χ1n) is 7.16. The molecule has 2 aliphatic heterocycles. The molecule has 0 saturated carbocycles. The molecule has 2 bridgehead atoms. The van der Waals surface area contributed by atoms with E-state index >= 15 is 0 Å². The normalized spacial score (nSPS) is 26.9. The van der Waals surface area contributed by atoms with Gasteiger partial charge in [-0.1, -0.05) is 17.7 Å². The first-order valence-corrected chi connectivity index (χ1v) is 8.93. The van der Waals surface area contributed by atoms with Crippen LogP contribution in [-0.2, 0) is 10.5 Å². The highest BCUT2D eigenvalue weighted by molar-refractivity contribution is 7.97. The number of carbonyl (C=O) groups is 1. The van der Waals surface area contributed by atoms with Crippen LogP contribution in [0.3, 0.4) is 0 Å². The van der Waals surface area contributed by atoms with E-state index in [1.807, 2.05) is 24.5 Å². The molecule has 0 radical (unpaired) electrons. The van der Waals surface area contributed by atoms with Crippen LogP contribution in [0.25, 0.3) is 0 Å². The van der Waals surface area contributed by atoms with Crippen molar-refractivity contribution in [2.75, 3.05) is 11.6 Å². The number of nitrogens with one attached hydrogen (secondary N) is 2. The van der Waals surface area contributed by atoms with E-state index in [0.717, 1.165) is 30.6 Å². The third-order valence-corrected chi connectivity index (χ3v) is 4.96. The van der Waals surface area contributed by atoms with Crippen molar-refractivity contribution in [2.45, 2.75) is 43.3 Å². The van der Waals surface area contributed by atoms with Crippen molar-refractivity contribution in [3.8, 4) is 0 Å². The molecule has 1 aromatic rings.